The van der Waals surface area contributed by atoms with Gasteiger partial charge in [-0.05, 0) is 13.3 Å². The fourth-order valence-electron chi connectivity index (χ4n) is 1.73. The standard InChI is InChI=1S/C11H18N2OS/c1-8(11-13-6-9(2)15-11)5-12-10-3-4-14-7-10/h6,8,10,12H,3-5,7H2,1-2H3. The molecule has 0 radical (unpaired) electrons. The van der Waals surface area contributed by atoms with Gasteiger partial charge < -0.3 is 10.1 Å². The van der Waals surface area contributed by atoms with Crippen LogP contribution in [0.4, 0.5) is 0 Å². The predicted octanol–water partition coefficient (Wildman–Crippen LogP) is 1.93. The van der Waals surface area contributed by atoms with Gasteiger partial charge in [-0.25, -0.2) is 4.98 Å². The van der Waals surface area contributed by atoms with Crippen LogP contribution in [0.5, 0.6) is 0 Å². The number of aromatic nitrogens is 1. The van der Waals surface area contributed by atoms with E-state index in [0.717, 1.165) is 26.2 Å². The molecule has 1 N–H and O–H groups in total. The molecular formula is C11H18N2OS. The Bertz CT molecular complexity index is 307. The molecule has 0 bridgehead atoms. The third kappa shape index (κ3) is 3.00. The Balaban J connectivity index is 1.79. The number of hydrogen-bond acceptors (Lipinski definition) is 4. The Hall–Kier alpha value is -0.450. The second-order valence-electron chi connectivity index (χ2n) is 4.18. The molecule has 0 aromatic carbocycles. The summed E-state index contributed by atoms with van der Waals surface area (Å²) in [5.74, 6) is 0.504. The summed E-state index contributed by atoms with van der Waals surface area (Å²) in [4.78, 5) is 5.70. The van der Waals surface area contributed by atoms with Crippen LogP contribution < -0.4 is 5.32 Å². The normalized spacial score (nSPS) is 23.2. The molecule has 15 heavy (non-hydrogen) atoms. The maximum Gasteiger partial charge on any atom is 0.0968 e. The van der Waals surface area contributed by atoms with E-state index in [1.165, 1.54) is 9.88 Å². The van der Waals surface area contributed by atoms with Crippen molar-refractivity contribution in [3.8, 4) is 0 Å². The van der Waals surface area contributed by atoms with Gasteiger partial charge in [-0.2, -0.15) is 0 Å². The molecule has 0 aliphatic carbocycles. The average molecular weight is 226 g/mol. The summed E-state index contributed by atoms with van der Waals surface area (Å²) in [6, 6.07) is 0.550. The number of nitrogens with zero attached hydrogens (tertiary/aromatic N) is 1. The van der Waals surface area contributed by atoms with Gasteiger partial charge in [0.2, 0.25) is 0 Å². The SMILES string of the molecule is Cc1cnc(C(C)CNC2CCOC2)s1. The molecule has 1 aliphatic rings. The molecule has 2 rings (SSSR count). The second kappa shape index (κ2) is 5.05. The van der Waals surface area contributed by atoms with Crippen LogP contribution in [0.3, 0.4) is 0 Å². The highest BCUT2D eigenvalue weighted by Gasteiger charge is 2.17. The van der Waals surface area contributed by atoms with Crippen LogP contribution in [0.1, 0.15) is 29.1 Å². The van der Waals surface area contributed by atoms with Crippen molar-refractivity contribution in [2.45, 2.75) is 32.2 Å². The van der Waals surface area contributed by atoms with Crippen LogP contribution in [-0.4, -0.2) is 30.8 Å². The number of rotatable bonds is 4. The summed E-state index contributed by atoms with van der Waals surface area (Å²) < 4.78 is 5.32. The summed E-state index contributed by atoms with van der Waals surface area (Å²) in [5, 5.41) is 4.77. The Morgan fingerprint density at radius 3 is 3.20 bits per heavy atom. The van der Waals surface area contributed by atoms with Crippen LogP contribution in [0.15, 0.2) is 6.20 Å². The van der Waals surface area contributed by atoms with Crippen molar-refractivity contribution < 1.29 is 4.74 Å². The summed E-state index contributed by atoms with van der Waals surface area (Å²) in [5.41, 5.74) is 0. The Labute approximate surface area is 94.9 Å². The molecule has 2 heterocycles. The fourth-order valence-corrected chi connectivity index (χ4v) is 2.55. The van der Waals surface area contributed by atoms with Crippen LogP contribution in [0.2, 0.25) is 0 Å². The maximum absolute atomic E-state index is 5.32. The lowest BCUT2D eigenvalue weighted by Gasteiger charge is -2.13. The molecule has 84 valence electrons. The van der Waals surface area contributed by atoms with Crippen molar-refractivity contribution in [2.75, 3.05) is 19.8 Å². The van der Waals surface area contributed by atoms with Crippen molar-refractivity contribution in [3.63, 3.8) is 0 Å². The number of aryl methyl sites for hydroxylation is 1. The lowest BCUT2D eigenvalue weighted by molar-refractivity contribution is 0.190. The van der Waals surface area contributed by atoms with Gasteiger partial charge in [0.25, 0.3) is 0 Å². The first kappa shape index (κ1) is 11.0. The molecule has 2 unspecified atom stereocenters. The topological polar surface area (TPSA) is 34.2 Å². The lowest BCUT2D eigenvalue weighted by Crippen LogP contribution is -2.32. The molecule has 0 amide bonds. The summed E-state index contributed by atoms with van der Waals surface area (Å²) in [6.07, 6.45) is 3.10. The van der Waals surface area contributed by atoms with Crippen LogP contribution in [-0.2, 0) is 4.74 Å². The van der Waals surface area contributed by atoms with E-state index in [-0.39, 0.29) is 0 Å². The summed E-state index contributed by atoms with van der Waals surface area (Å²) in [6.45, 7) is 7.10. The van der Waals surface area contributed by atoms with Gasteiger partial charge in [-0.15, -0.1) is 11.3 Å². The molecule has 1 saturated heterocycles. The molecule has 0 spiro atoms. The molecule has 4 heteroatoms. The van der Waals surface area contributed by atoms with Gasteiger partial charge >= 0.3 is 0 Å². The first-order valence-electron chi connectivity index (χ1n) is 5.49. The highest BCUT2D eigenvalue weighted by atomic mass is 32.1. The number of thiazole rings is 1. The van der Waals surface area contributed by atoms with E-state index in [1.807, 2.05) is 6.20 Å². The minimum absolute atomic E-state index is 0.504. The van der Waals surface area contributed by atoms with Gasteiger partial charge in [-0.3, -0.25) is 0 Å². The van der Waals surface area contributed by atoms with E-state index >= 15 is 0 Å². The second-order valence-corrected chi connectivity index (χ2v) is 5.45. The van der Waals surface area contributed by atoms with E-state index in [9.17, 15) is 0 Å². The third-order valence-electron chi connectivity index (χ3n) is 2.70. The van der Waals surface area contributed by atoms with Crippen LogP contribution in [0, 0.1) is 6.92 Å². The summed E-state index contributed by atoms with van der Waals surface area (Å²) >= 11 is 1.80. The predicted molar refractivity (Wildman–Crippen MR) is 62.5 cm³/mol. The number of hydrogen-bond donors (Lipinski definition) is 1. The van der Waals surface area contributed by atoms with Crippen LogP contribution >= 0.6 is 11.3 Å². The molecule has 1 fully saturated rings. The van der Waals surface area contributed by atoms with Gasteiger partial charge in [-0.1, -0.05) is 6.92 Å². The van der Waals surface area contributed by atoms with E-state index < -0.39 is 0 Å². The molecule has 1 aromatic rings. The van der Waals surface area contributed by atoms with Crippen molar-refractivity contribution in [1.82, 2.24) is 10.3 Å². The van der Waals surface area contributed by atoms with Crippen LogP contribution in [0.25, 0.3) is 0 Å². The highest BCUT2D eigenvalue weighted by Crippen LogP contribution is 2.20. The average Bonchev–Trinajstić information content (AvgIpc) is 2.84. The van der Waals surface area contributed by atoms with Gasteiger partial charge in [0.1, 0.15) is 0 Å². The molecule has 3 nitrogen and oxygen atoms in total. The zero-order chi connectivity index (χ0) is 10.7. The lowest BCUT2D eigenvalue weighted by atomic mass is 10.1. The smallest absolute Gasteiger partial charge is 0.0968 e. The highest BCUT2D eigenvalue weighted by molar-refractivity contribution is 7.11. The zero-order valence-electron chi connectivity index (χ0n) is 9.32. The Morgan fingerprint density at radius 1 is 1.73 bits per heavy atom. The third-order valence-corrected chi connectivity index (χ3v) is 3.85. The maximum atomic E-state index is 5.32. The van der Waals surface area contributed by atoms with Gasteiger partial charge in [0.05, 0.1) is 11.6 Å². The van der Waals surface area contributed by atoms with Gasteiger partial charge in [0.15, 0.2) is 0 Å². The minimum Gasteiger partial charge on any atom is -0.380 e. The molecule has 1 aromatic heterocycles. The Kier molecular flexibility index (Phi) is 3.72. The molecular weight excluding hydrogens is 208 g/mol. The quantitative estimate of drug-likeness (QED) is 0.852. The van der Waals surface area contributed by atoms with Crippen molar-refractivity contribution in [3.05, 3.63) is 16.1 Å². The first-order chi connectivity index (χ1) is 7.25. The van der Waals surface area contributed by atoms with E-state index in [4.69, 9.17) is 4.74 Å². The van der Waals surface area contributed by atoms with E-state index in [1.54, 1.807) is 11.3 Å². The van der Waals surface area contributed by atoms with Crippen molar-refractivity contribution >= 4 is 11.3 Å². The monoisotopic (exact) mass is 226 g/mol. The largest absolute Gasteiger partial charge is 0.380 e. The minimum atomic E-state index is 0.504. The summed E-state index contributed by atoms with van der Waals surface area (Å²) in [7, 11) is 0. The Morgan fingerprint density at radius 2 is 2.60 bits per heavy atom. The van der Waals surface area contributed by atoms with Crippen molar-refractivity contribution in [1.29, 1.82) is 0 Å². The number of nitrogens with one attached hydrogen (secondary N) is 1. The first-order valence-corrected chi connectivity index (χ1v) is 6.31. The van der Waals surface area contributed by atoms with E-state index in [0.29, 0.717) is 12.0 Å². The molecule has 1 aliphatic heterocycles. The van der Waals surface area contributed by atoms with Gasteiger partial charge in [0, 0.05) is 36.2 Å². The van der Waals surface area contributed by atoms with E-state index in [2.05, 4.69) is 24.1 Å². The zero-order valence-corrected chi connectivity index (χ0v) is 10.1. The van der Waals surface area contributed by atoms with Crippen molar-refractivity contribution in [2.24, 2.45) is 0 Å². The molecule has 0 saturated carbocycles. The number of ether oxygens (including phenoxy) is 1. The molecule has 2 atom stereocenters. The fraction of sp³-hybridized carbons (Fsp3) is 0.727.